The standard InChI is InChI=1S/C28H40F2N6O5Si/c1-17(2)13-33-35-25(37)19-14-36(16-39-9-10-42(6,7)8)24-22(19)26(32-15-31-24)40-23-20(29)11-18(12-21(23)30)34-27(38)41-28(3,4)5/h11-12,14-15,17,33H,9-10,13,16H2,1-8H3,(H,34,38)(H,35,37). The lowest BCUT2D eigenvalue weighted by Crippen LogP contribution is -2.39. The molecule has 0 radical (unpaired) electrons. The van der Waals surface area contributed by atoms with Crippen LogP contribution in [0.5, 0.6) is 11.6 Å². The molecule has 0 fully saturated rings. The number of amides is 2. The number of hydrogen-bond donors (Lipinski definition) is 3. The maximum Gasteiger partial charge on any atom is 0.412 e. The molecule has 0 aliphatic carbocycles. The van der Waals surface area contributed by atoms with E-state index in [4.69, 9.17) is 14.2 Å². The summed E-state index contributed by atoms with van der Waals surface area (Å²) < 4.78 is 48.4. The zero-order chi connectivity index (χ0) is 31.2. The number of anilines is 1. The van der Waals surface area contributed by atoms with Crippen LogP contribution in [0, 0.1) is 17.6 Å². The van der Waals surface area contributed by atoms with Gasteiger partial charge in [0.1, 0.15) is 24.3 Å². The summed E-state index contributed by atoms with van der Waals surface area (Å²) >= 11 is 0. The fourth-order valence-corrected chi connectivity index (χ4v) is 4.39. The number of hydrazine groups is 1. The van der Waals surface area contributed by atoms with Crippen molar-refractivity contribution >= 4 is 36.8 Å². The normalized spacial score (nSPS) is 12.1. The molecule has 0 aliphatic rings. The van der Waals surface area contributed by atoms with Gasteiger partial charge in [-0.1, -0.05) is 33.5 Å². The highest BCUT2D eigenvalue weighted by Gasteiger charge is 2.25. The Hall–Kier alpha value is -3.62. The van der Waals surface area contributed by atoms with Gasteiger partial charge in [0.25, 0.3) is 5.91 Å². The number of aromatic nitrogens is 3. The molecule has 0 atom stereocenters. The number of carbonyl (C=O) groups excluding carboxylic acids is 2. The fourth-order valence-electron chi connectivity index (χ4n) is 3.64. The average molecular weight is 607 g/mol. The van der Waals surface area contributed by atoms with E-state index in [1.165, 1.54) is 12.5 Å². The lowest BCUT2D eigenvalue weighted by molar-refractivity contribution is 0.0635. The molecule has 0 unspecified atom stereocenters. The van der Waals surface area contributed by atoms with E-state index in [0.717, 1.165) is 18.2 Å². The Balaban J connectivity index is 1.94. The van der Waals surface area contributed by atoms with Crippen LogP contribution in [-0.2, 0) is 16.2 Å². The van der Waals surface area contributed by atoms with Gasteiger partial charge in [0.15, 0.2) is 11.6 Å². The Kier molecular flexibility index (Phi) is 10.6. The van der Waals surface area contributed by atoms with E-state index in [9.17, 15) is 9.59 Å². The summed E-state index contributed by atoms with van der Waals surface area (Å²) in [5.41, 5.74) is 4.93. The van der Waals surface area contributed by atoms with Crippen molar-refractivity contribution in [2.45, 2.75) is 72.6 Å². The molecule has 1 aromatic carbocycles. The third-order valence-corrected chi connectivity index (χ3v) is 7.35. The van der Waals surface area contributed by atoms with Gasteiger partial charge in [0.2, 0.25) is 11.6 Å². The summed E-state index contributed by atoms with van der Waals surface area (Å²) in [5.74, 6) is -3.46. The maximum absolute atomic E-state index is 15.1. The molecule has 3 N–H and O–H groups in total. The number of nitrogens with one attached hydrogen (secondary N) is 3. The molecule has 230 valence electrons. The minimum Gasteiger partial charge on any atom is -0.444 e. The van der Waals surface area contributed by atoms with E-state index < -0.39 is 43.1 Å². The first-order valence-corrected chi connectivity index (χ1v) is 17.4. The van der Waals surface area contributed by atoms with Crippen LogP contribution in [0.25, 0.3) is 11.0 Å². The summed E-state index contributed by atoms with van der Waals surface area (Å²) in [6.07, 6.45) is 1.83. The van der Waals surface area contributed by atoms with Crippen LogP contribution in [0.2, 0.25) is 25.7 Å². The third-order valence-electron chi connectivity index (χ3n) is 5.64. The quantitative estimate of drug-likeness (QED) is 0.129. The van der Waals surface area contributed by atoms with Gasteiger partial charge in [-0.05, 0) is 32.7 Å². The molecule has 0 bridgehead atoms. The molecule has 42 heavy (non-hydrogen) atoms. The first-order chi connectivity index (χ1) is 19.5. The number of halogens is 2. The number of benzene rings is 1. The van der Waals surface area contributed by atoms with Gasteiger partial charge in [-0.3, -0.25) is 15.5 Å². The van der Waals surface area contributed by atoms with Crippen molar-refractivity contribution in [2.24, 2.45) is 5.92 Å². The summed E-state index contributed by atoms with van der Waals surface area (Å²) in [5, 5.41) is 2.44. The number of ether oxygens (including phenoxy) is 3. The molecule has 0 saturated heterocycles. The number of fused-ring (bicyclic) bond motifs is 1. The molecule has 0 aliphatic heterocycles. The van der Waals surface area contributed by atoms with Crippen LogP contribution in [-0.4, -0.2) is 53.4 Å². The van der Waals surface area contributed by atoms with Gasteiger partial charge in [-0.2, -0.15) is 0 Å². The molecular formula is C28H40F2N6O5Si. The molecule has 2 amide bonds. The summed E-state index contributed by atoms with van der Waals surface area (Å²) in [4.78, 5) is 33.6. The minimum absolute atomic E-state index is 0.0951. The minimum atomic E-state index is -1.33. The van der Waals surface area contributed by atoms with Gasteiger partial charge in [0.05, 0.1) is 16.6 Å². The number of hydrogen-bond acceptors (Lipinski definition) is 8. The molecule has 11 nitrogen and oxygen atoms in total. The smallest absolute Gasteiger partial charge is 0.412 e. The van der Waals surface area contributed by atoms with Gasteiger partial charge in [-0.25, -0.2) is 29.0 Å². The van der Waals surface area contributed by atoms with Crippen molar-refractivity contribution in [2.75, 3.05) is 18.5 Å². The molecular weight excluding hydrogens is 566 g/mol. The van der Waals surface area contributed by atoms with Crippen molar-refractivity contribution < 1.29 is 32.6 Å². The van der Waals surface area contributed by atoms with E-state index in [1.807, 2.05) is 13.8 Å². The molecule has 2 aromatic heterocycles. The maximum atomic E-state index is 15.1. The number of rotatable bonds is 12. The molecule has 0 spiro atoms. The third kappa shape index (κ3) is 9.46. The Bertz CT molecular complexity index is 1400. The van der Waals surface area contributed by atoms with Gasteiger partial charge in [0, 0.05) is 39.6 Å². The largest absolute Gasteiger partial charge is 0.444 e. The first kappa shape index (κ1) is 32.9. The topological polar surface area (TPSA) is 129 Å². The fraction of sp³-hybridized carbons (Fsp3) is 0.500. The van der Waals surface area contributed by atoms with E-state index in [2.05, 4.69) is 45.8 Å². The van der Waals surface area contributed by atoms with Crippen LogP contribution in [0.15, 0.2) is 24.7 Å². The van der Waals surface area contributed by atoms with E-state index in [0.29, 0.717) is 13.2 Å². The Morgan fingerprint density at radius 2 is 1.76 bits per heavy atom. The van der Waals surface area contributed by atoms with Crippen LogP contribution in [0.4, 0.5) is 19.3 Å². The Morgan fingerprint density at radius 3 is 2.36 bits per heavy atom. The zero-order valence-electron chi connectivity index (χ0n) is 25.4. The molecule has 0 saturated carbocycles. The monoisotopic (exact) mass is 606 g/mol. The summed E-state index contributed by atoms with van der Waals surface area (Å²) in [6, 6.07) is 2.72. The van der Waals surface area contributed by atoms with Crippen molar-refractivity contribution in [3.05, 3.63) is 41.9 Å². The van der Waals surface area contributed by atoms with Crippen LogP contribution >= 0.6 is 0 Å². The molecule has 14 heteroatoms. The van der Waals surface area contributed by atoms with Gasteiger partial charge < -0.3 is 18.8 Å². The highest BCUT2D eigenvalue weighted by atomic mass is 28.3. The molecule has 3 aromatic rings. The van der Waals surface area contributed by atoms with E-state index >= 15 is 8.78 Å². The predicted molar refractivity (Wildman–Crippen MR) is 158 cm³/mol. The zero-order valence-corrected chi connectivity index (χ0v) is 26.4. The first-order valence-electron chi connectivity index (χ1n) is 13.7. The van der Waals surface area contributed by atoms with Crippen LogP contribution in [0.1, 0.15) is 45.0 Å². The average Bonchev–Trinajstić information content (AvgIpc) is 3.21. The van der Waals surface area contributed by atoms with E-state index in [-0.39, 0.29) is 40.8 Å². The van der Waals surface area contributed by atoms with Gasteiger partial charge in [-0.15, -0.1) is 0 Å². The lowest BCUT2D eigenvalue weighted by atomic mass is 10.2. The second kappa shape index (κ2) is 13.6. The summed E-state index contributed by atoms with van der Waals surface area (Å²) in [6.45, 7) is 16.8. The van der Waals surface area contributed by atoms with E-state index in [1.54, 1.807) is 25.3 Å². The summed E-state index contributed by atoms with van der Waals surface area (Å²) in [7, 11) is -1.33. The van der Waals surface area contributed by atoms with Crippen molar-refractivity contribution in [1.29, 1.82) is 0 Å². The second-order valence-electron chi connectivity index (χ2n) is 12.5. The Labute approximate surface area is 245 Å². The van der Waals surface area contributed by atoms with Crippen molar-refractivity contribution in [1.82, 2.24) is 25.4 Å². The number of carbonyl (C=O) groups is 2. The Morgan fingerprint density at radius 1 is 1.10 bits per heavy atom. The van der Waals surface area contributed by atoms with Crippen LogP contribution < -0.4 is 20.9 Å². The highest BCUT2D eigenvalue weighted by molar-refractivity contribution is 6.76. The van der Waals surface area contributed by atoms with Crippen LogP contribution in [0.3, 0.4) is 0 Å². The lowest BCUT2D eigenvalue weighted by Gasteiger charge is -2.19. The molecule has 2 heterocycles. The van der Waals surface area contributed by atoms with Crippen molar-refractivity contribution in [3.63, 3.8) is 0 Å². The predicted octanol–water partition coefficient (Wildman–Crippen LogP) is 6.05. The SMILES string of the molecule is CC(C)CNNC(=O)c1cn(COCC[Si](C)(C)C)c2ncnc(Oc3c(F)cc(NC(=O)OC(C)(C)C)cc3F)c12. The van der Waals surface area contributed by atoms with Crippen molar-refractivity contribution in [3.8, 4) is 11.6 Å². The van der Waals surface area contributed by atoms with Gasteiger partial charge >= 0.3 is 6.09 Å². The molecule has 3 rings (SSSR count). The highest BCUT2D eigenvalue weighted by Crippen LogP contribution is 2.35. The second-order valence-corrected chi connectivity index (χ2v) is 18.1. The number of nitrogens with zero attached hydrogens (tertiary/aromatic N) is 3.